The summed E-state index contributed by atoms with van der Waals surface area (Å²) < 4.78 is 34.9. The molecule has 0 aromatic heterocycles. The summed E-state index contributed by atoms with van der Waals surface area (Å²) in [6.45, 7) is 0.717. The number of carbonyl (C=O) groups is 1. The Hall–Kier alpha value is -0.980. The van der Waals surface area contributed by atoms with Crippen LogP contribution in [0, 0.1) is 0 Å². The highest BCUT2D eigenvalue weighted by atomic mass is 19.4. The molecular weight excluding hydrogens is 199 g/mol. The van der Waals surface area contributed by atoms with E-state index in [2.05, 4.69) is 5.32 Å². The Morgan fingerprint density at radius 2 is 2.07 bits per heavy atom. The number of hydrogen-bond donors (Lipinski definition) is 3. The first kappa shape index (κ1) is 13.0. The van der Waals surface area contributed by atoms with E-state index in [0.717, 1.165) is 0 Å². The maximum Gasteiger partial charge on any atom is 0.405 e. The first-order valence-corrected chi connectivity index (χ1v) is 4.16. The van der Waals surface area contributed by atoms with Gasteiger partial charge in [0.05, 0.1) is 0 Å². The average Bonchev–Trinajstić information content (AvgIpc) is 2.00. The number of alkyl halides is 3. The Labute approximate surface area is 80.0 Å². The van der Waals surface area contributed by atoms with Crippen LogP contribution in [0.4, 0.5) is 18.0 Å². The lowest BCUT2D eigenvalue weighted by atomic mass is 10.2. The number of nitrogens with two attached hydrogens (primary N) is 1. The van der Waals surface area contributed by atoms with Crippen molar-refractivity contribution in [2.24, 2.45) is 5.73 Å². The van der Waals surface area contributed by atoms with Gasteiger partial charge in [-0.05, 0) is 19.9 Å². The van der Waals surface area contributed by atoms with Crippen LogP contribution < -0.4 is 16.4 Å². The predicted octanol–water partition coefficient (Wildman–Crippen LogP) is 0.585. The van der Waals surface area contributed by atoms with Gasteiger partial charge < -0.3 is 16.4 Å². The molecule has 1 unspecified atom stereocenters. The second-order valence-electron chi connectivity index (χ2n) is 2.92. The van der Waals surface area contributed by atoms with Crippen molar-refractivity contribution < 1.29 is 18.0 Å². The molecule has 14 heavy (non-hydrogen) atoms. The number of carbonyl (C=O) groups excluding carboxylic acids is 1. The molecule has 4 N–H and O–H groups in total. The van der Waals surface area contributed by atoms with Gasteiger partial charge in [0, 0.05) is 6.04 Å². The summed E-state index contributed by atoms with van der Waals surface area (Å²) in [5.41, 5.74) is 5.20. The Balaban J connectivity index is 3.65. The summed E-state index contributed by atoms with van der Waals surface area (Å²) in [6.07, 6.45) is -3.85. The maximum absolute atomic E-state index is 11.6. The fraction of sp³-hybridized carbons (Fsp3) is 0.857. The highest BCUT2D eigenvalue weighted by molar-refractivity contribution is 5.74. The van der Waals surface area contributed by atoms with Gasteiger partial charge in [-0.25, -0.2) is 4.79 Å². The van der Waals surface area contributed by atoms with Gasteiger partial charge in [-0.3, -0.25) is 0 Å². The van der Waals surface area contributed by atoms with Crippen molar-refractivity contribution in [3.8, 4) is 0 Å². The zero-order valence-electron chi connectivity index (χ0n) is 7.82. The Morgan fingerprint density at radius 3 is 2.50 bits per heavy atom. The van der Waals surface area contributed by atoms with Crippen LogP contribution >= 0.6 is 0 Å². The SMILES string of the molecule is CC(CCN)NC(=O)NCC(F)(F)F. The molecule has 0 aliphatic rings. The fourth-order valence-electron chi connectivity index (χ4n) is 0.777. The second kappa shape index (κ2) is 5.69. The highest BCUT2D eigenvalue weighted by Gasteiger charge is 2.27. The summed E-state index contributed by atoms with van der Waals surface area (Å²) in [5.74, 6) is 0. The lowest BCUT2D eigenvalue weighted by Gasteiger charge is -2.14. The molecule has 0 aliphatic carbocycles. The van der Waals surface area contributed by atoms with Crippen molar-refractivity contribution in [1.82, 2.24) is 10.6 Å². The summed E-state index contributed by atoms with van der Waals surface area (Å²) in [6, 6.07) is -1.06. The Morgan fingerprint density at radius 1 is 1.50 bits per heavy atom. The molecule has 0 aromatic carbocycles. The predicted molar refractivity (Wildman–Crippen MR) is 45.7 cm³/mol. The van der Waals surface area contributed by atoms with Gasteiger partial charge >= 0.3 is 12.2 Å². The Bertz CT molecular complexity index is 184. The van der Waals surface area contributed by atoms with Gasteiger partial charge in [-0.15, -0.1) is 0 Å². The van der Waals surface area contributed by atoms with Crippen LogP contribution in [0.1, 0.15) is 13.3 Å². The van der Waals surface area contributed by atoms with E-state index in [1.807, 2.05) is 0 Å². The molecule has 0 radical (unpaired) electrons. The number of amides is 2. The minimum absolute atomic E-state index is 0.228. The summed E-state index contributed by atoms with van der Waals surface area (Å²) in [7, 11) is 0. The Kier molecular flexibility index (Phi) is 5.29. The average molecular weight is 213 g/mol. The number of urea groups is 1. The molecule has 0 aliphatic heterocycles. The number of halogens is 3. The zero-order chi connectivity index (χ0) is 11.2. The molecule has 4 nitrogen and oxygen atoms in total. The molecule has 0 saturated carbocycles. The normalized spacial score (nSPS) is 13.5. The van der Waals surface area contributed by atoms with Crippen molar-refractivity contribution in [2.45, 2.75) is 25.6 Å². The summed E-state index contributed by atoms with van der Waals surface area (Å²) >= 11 is 0. The molecule has 84 valence electrons. The molecule has 0 aromatic rings. The highest BCUT2D eigenvalue weighted by Crippen LogP contribution is 2.11. The molecule has 0 spiro atoms. The standard InChI is InChI=1S/C7H14F3N3O/c1-5(2-3-11)13-6(14)12-4-7(8,9)10/h5H,2-4,11H2,1H3,(H2,12,13,14). The van der Waals surface area contributed by atoms with E-state index in [4.69, 9.17) is 5.73 Å². The van der Waals surface area contributed by atoms with E-state index in [-0.39, 0.29) is 6.04 Å². The van der Waals surface area contributed by atoms with Crippen molar-refractivity contribution >= 4 is 6.03 Å². The molecule has 0 heterocycles. The molecular formula is C7H14F3N3O. The van der Waals surface area contributed by atoms with Crippen molar-refractivity contribution in [3.63, 3.8) is 0 Å². The quantitative estimate of drug-likeness (QED) is 0.639. The van der Waals surface area contributed by atoms with Crippen LogP contribution in [0.5, 0.6) is 0 Å². The van der Waals surface area contributed by atoms with E-state index in [1.165, 1.54) is 0 Å². The minimum atomic E-state index is -4.38. The summed E-state index contributed by atoms with van der Waals surface area (Å²) in [4.78, 5) is 10.8. The van der Waals surface area contributed by atoms with Crippen LogP contribution in [-0.4, -0.2) is 31.3 Å². The maximum atomic E-state index is 11.6. The molecule has 0 saturated heterocycles. The third kappa shape index (κ3) is 7.66. The summed E-state index contributed by atoms with van der Waals surface area (Å²) in [5, 5.41) is 4.02. The van der Waals surface area contributed by atoms with Gasteiger partial charge in [0.1, 0.15) is 6.54 Å². The molecule has 0 fully saturated rings. The second-order valence-corrected chi connectivity index (χ2v) is 2.92. The van der Waals surface area contributed by atoms with Gasteiger partial charge in [-0.1, -0.05) is 0 Å². The molecule has 2 amide bonds. The van der Waals surface area contributed by atoms with Gasteiger partial charge in [0.15, 0.2) is 0 Å². The minimum Gasteiger partial charge on any atom is -0.336 e. The van der Waals surface area contributed by atoms with Gasteiger partial charge in [0.25, 0.3) is 0 Å². The fourth-order valence-corrected chi connectivity index (χ4v) is 0.777. The van der Waals surface area contributed by atoms with Gasteiger partial charge in [0.2, 0.25) is 0 Å². The van der Waals surface area contributed by atoms with Crippen LogP contribution in [0.2, 0.25) is 0 Å². The first-order chi connectivity index (χ1) is 6.35. The van der Waals surface area contributed by atoms with E-state index in [9.17, 15) is 18.0 Å². The van der Waals surface area contributed by atoms with Crippen LogP contribution in [0.25, 0.3) is 0 Å². The molecule has 0 rings (SSSR count). The monoisotopic (exact) mass is 213 g/mol. The number of nitrogens with one attached hydrogen (secondary N) is 2. The van der Waals surface area contributed by atoms with Crippen LogP contribution in [-0.2, 0) is 0 Å². The van der Waals surface area contributed by atoms with Gasteiger partial charge in [-0.2, -0.15) is 13.2 Å². The van der Waals surface area contributed by atoms with Crippen LogP contribution in [0.3, 0.4) is 0 Å². The number of rotatable bonds is 4. The lowest BCUT2D eigenvalue weighted by Crippen LogP contribution is -2.44. The largest absolute Gasteiger partial charge is 0.405 e. The van der Waals surface area contributed by atoms with E-state index in [0.29, 0.717) is 13.0 Å². The van der Waals surface area contributed by atoms with E-state index >= 15 is 0 Å². The van der Waals surface area contributed by atoms with E-state index < -0.39 is 18.8 Å². The third-order valence-corrected chi connectivity index (χ3v) is 1.43. The van der Waals surface area contributed by atoms with E-state index in [1.54, 1.807) is 12.2 Å². The first-order valence-electron chi connectivity index (χ1n) is 4.16. The number of hydrogen-bond acceptors (Lipinski definition) is 2. The molecule has 0 bridgehead atoms. The topological polar surface area (TPSA) is 67.1 Å². The molecule has 7 heteroatoms. The molecule has 1 atom stereocenters. The van der Waals surface area contributed by atoms with Crippen molar-refractivity contribution in [3.05, 3.63) is 0 Å². The van der Waals surface area contributed by atoms with Crippen molar-refractivity contribution in [2.75, 3.05) is 13.1 Å². The zero-order valence-corrected chi connectivity index (χ0v) is 7.82. The lowest BCUT2D eigenvalue weighted by molar-refractivity contribution is -0.122. The smallest absolute Gasteiger partial charge is 0.336 e. The van der Waals surface area contributed by atoms with Crippen LogP contribution in [0.15, 0.2) is 0 Å². The third-order valence-electron chi connectivity index (χ3n) is 1.43. The van der Waals surface area contributed by atoms with Crippen molar-refractivity contribution in [1.29, 1.82) is 0 Å².